The number of aromatic nitrogens is 2. The molecule has 124 valence electrons. The average Bonchev–Trinajstić information content (AvgIpc) is 3.11. The van der Waals surface area contributed by atoms with Gasteiger partial charge in [0.05, 0.1) is 6.54 Å². The third-order valence-corrected chi connectivity index (χ3v) is 3.44. The topological polar surface area (TPSA) is 97.1 Å². The lowest BCUT2D eigenvalue weighted by Gasteiger charge is -2.20. The number of aryl methyl sites for hydroxylation is 1. The first-order valence-electron chi connectivity index (χ1n) is 7.26. The SMILES string of the molecule is CC(C)(C)NC(=O)CNC(=O)CCc1nnc(-c2ccsc2)o1. The number of thiophene rings is 1. The molecule has 2 aromatic heterocycles. The van der Waals surface area contributed by atoms with Crippen molar-refractivity contribution < 1.29 is 14.0 Å². The molecule has 0 spiro atoms. The lowest BCUT2D eigenvalue weighted by Crippen LogP contribution is -2.45. The van der Waals surface area contributed by atoms with E-state index < -0.39 is 0 Å². The maximum absolute atomic E-state index is 11.7. The van der Waals surface area contributed by atoms with Gasteiger partial charge in [0.25, 0.3) is 0 Å². The fraction of sp³-hybridized carbons (Fsp3) is 0.467. The standard InChI is InChI=1S/C15H20N4O3S/c1-15(2,3)17-12(21)8-16-11(20)4-5-13-18-19-14(22-13)10-6-7-23-9-10/h6-7,9H,4-5,8H2,1-3H3,(H,16,20)(H,17,21). The van der Waals surface area contributed by atoms with Crippen molar-refractivity contribution in [3.05, 3.63) is 22.7 Å². The number of carbonyl (C=O) groups is 2. The van der Waals surface area contributed by atoms with Gasteiger partial charge in [-0.3, -0.25) is 9.59 Å². The van der Waals surface area contributed by atoms with Crippen LogP contribution in [-0.2, 0) is 16.0 Å². The molecule has 2 N–H and O–H groups in total. The molecule has 7 nitrogen and oxygen atoms in total. The first-order valence-corrected chi connectivity index (χ1v) is 8.20. The summed E-state index contributed by atoms with van der Waals surface area (Å²) in [6.45, 7) is 5.61. The zero-order valence-corrected chi connectivity index (χ0v) is 14.2. The number of hydrogen-bond acceptors (Lipinski definition) is 6. The van der Waals surface area contributed by atoms with E-state index in [-0.39, 0.29) is 30.3 Å². The van der Waals surface area contributed by atoms with Crippen LogP contribution in [-0.4, -0.2) is 34.1 Å². The lowest BCUT2D eigenvalue weighted by molar-refractivity contribution is -0.126. The van der Waals surface area contributed by atoms with E-state index >= 15 is 0 Å². The van der Waals surface area contributed by atoms with Gasteiger partial charge in [0.15, 0.2) is 0 Å². The molecule has 2 aromatic rings. The Kier molecular flexibility index (Phi) is 5.49. The van der Waals surface area contributed by atoms with Crippen molar-refractivity contribution in [3.63, 3.8) is 0 Å². The Morgan fingerprint density at radius 3 is 2.70 bits per heavy atom. The number of nitrogens with one attached hydrogen (secondary N) is 2. The van der Waals surface area contributed by atoms with Gasteiger partial charge in [-0.05, 0) is 32.2 Å². The zero-order chi connectivity index (χ0) is 16.9. The van der Waals surface area contributed by atoms with Crippen LogP contribution in [0.3, 0.4) is 0 Å². The summed E-state index contributed by atoms with van der Waals surface area (Å²) < 4.78 is 5.50. The molecule has 0 unspecified atom stereocenters. The predicted molar refractivity (Wildman–Crippen MR) is 86.8 cm³/mol. The smallest absolute Gasteiger partial charge is 0.248 e. The second-order valence-corrected chi connectivity index (χ2v) is 6.87. The van der Waals surface area contributed by atoms with Gasteiger partial charge in [-0.25, -0.2) is 0 Å². The second-order valence-electron chi connectivity index (χ2n) is 6.09. The fourth-order valence-electron chi connectivity index (χ4n) is 1.81. The minimum absolute atomic E-state index is 0.0416. The molecule has 2 amide bonds. The van der Waals surface area contributed by atoms with E-state index in [1.807, 2.05) is 37.6 Å². The van der Waals surface area contributed by atoms with Crippen molar-refractivity contribution in [1.82, 2.24) is 20.8 Å². The molecule has 0 aliphatic rings. The normalized spacial score (nSPS) is 11.3. The van der Waals surface area contributed by atoms with E-state index in [1.165, 1.54) is 0 Å². The summed E-state index contributed by atoms with van der Waals surface area (Å²) in [6.07, 6.45) is 0.526. The van der Waals surface area contributed by atoms with Crippen molar-refractivity contribution >= 4 is 23.2 Å². The van der Waals surface area contributed by atoms with E-state index in [1.54, 1.807) is 11.3 Å². The Morgan fingerprint density at radius 2 is 2.04 bits per heavy atom. The summed E-state index contributed by atoms with van der Waals surface area (Å²) in [6, 6.07) is 1.89. The van der Waals surface area contributed by atoms with Crippen LogP contribution in [0.15, 0.2) is 21.2 Å². The molecule has 2 heterocycles. The summed E-state index contributed by atoms with van der Waals surface area (Å²) in [5, 5.41) is 17.0. The van der Waals surface area contributed by atoms with Crippen LogP contribution < -0.4 is 10.6 Å². The first-order chi connectivity index (χ1) is 10.8. The van der Waals surface area contributed by atoms with E-state index in [0.717, 1.165) is 5.56 Å². The Hall–Kier alpha value is -2.22. The van der Waals surface area contributed by atoms with Crippen LogP contribution in [0.25, 0.3) is 11.5 Å². The van der Waals surface area contributed by atoms with Crippen molar-refractivity contribution in [2.75, 3.05) is 6.54 Å². The highest BCUT2D eigenvalue weighted by Crippen LogP contribution is 2.20. The van der Waals surface area contributed by atoms with Gasteiger partial charge >= 0.3 is 0 Å². The zero-order valence-electron chi connectivity index (χ0n) is 13.4. The van der Waals surface area contributed by atoms with Crippen molar-refractivity contribution in [1.29, 1.82) is 0 Å². The van der Waals surface area contributed by atoms with E-state index in [0.29, 0.717) is 18.2 Å². The second kappa shape index (κ2) is 7.36. The van der Waals surface area contributed by atoms with Crippen molar-refractivity contribution in [2.45, 2.75) is 39.2 Å². The van der Waals surface area contributed by atoms with Crippen molar-refractivity contribution in [3.8, 4) is 11.5 Å². The molecule has 0 aliphatic carbocycles. The number of hydrogen-bond donors (Lipinski definition) is 2. The Morgan fingerprint density at radius 1 is 1.26 bits per heavy atom. The van der Waals surface area contributed by atoms with Crippen LogP contribution in [0.1, 0.15) is 33.1 Å². The Labute approximate surface area is 138 Å². The Balaban J connectivity index is 1.73. The Bertz CT molecular complexity index is 659. The van der Waals surface area contributed by atoms with Gasteiger partial charge in [-0.1, -0.05) is 0 Å². The minimum Gasteiger partial charge on any atom is -0.421 e. The van der Waals surface area contributed by atoms with Gasteiger partial charge in [0.2, 0.25) is 23.6 Å². The maximum Gasteiger partial charge on any atom is 0.248 e. The van der Waals surface area contributed by atoms with Gasteiger partial charge in [0.1, 0.15) is 0 Å². The molecule has 0 radical (unpaired) electrons. The van der Waals surface area contributed by atoms with Gasteiger partial charge < -0.3 is 15.1 Å². The number of carbonyl (C=O) groups excluding carboxylic acids is 2. The lowest BCUT2D eigenvalue weighted by atomic mass is 10.1. The van der Waals surface area contributed by atoms with Gasteiger partial charge in [0, 0.05) is 29.3 Å². The molecular weight excluding hydrogens is 316 g/mol. The van der Waals surface area contributed by atoms with Gasteiger partial charge in [-0.15, -0.1) is 10.2 Å². The van der Waals surface area contributed by atoms with Crippen LogP contribution in [0.4, 0.5) is 0 Å². The molecule has 0 aliphatic heterocycles. The maximum atomic E-state index is 11.7. The van der Waals surface area contributed by atoms with E-state index in [4.69, 9.17) is 4.42 Å². The average molecular weight is 336 g/mol. The minimum atomic E-state index is -0.316. The largest absolute Gasteiger partial charge is 0.421 e. The van der Waals surface area contributed by atoms with Gasteiger partial charge in [-0.2, -0.15) is 11.3 Å². The molecule has 0 atom stereocenters. The third-order valence-electron chi connectivity index (χ3n) is 2.76. The number of amides is 2. The van der Waals surface area contributed by atoms with E-state index in [9.17, 15) is 9.59 Å². The predicted octanol–water partition coefficient (Wildman–Crippen LogP) is 1.76. The summed E-state index contributed by atoms with van der Waals surface area (Å²) in [4.78, 5) is 23.3. The summed E-state index contributed by atoms with van der Waals surface area (Å²) in [7, 11) is 0. The van der Waals surface area contributed by atoms with Crippen LogP contribution in [0.2, 0.25) is 0 Å². The highest BCUT2D eigenvalue weighted by atomic mass is 32.1. The number of rotatable bonds is 6. The van der Waals surface area contributed by atoms with Crippen LogP contribution in [0.5, 0.6) is 0 Å². The quantitative estimate of drug-likeness (QED) is 0.838. The summed E-state index contributed by atoms with van der Waals surface area (Å²) in [5.41, 5.74) is 0.556. The number of nitrogens with zero attached hydrogens (tertiary/aromatic N) is 2. The van der Waals surface area contributed by atoms with Crippen molar-refractivity contribution in [2.24, 2.45) is 0 Å². The van der Waals surface area contributed by atoms with Crippen LogP contribution >= 0.6 is 11.3 Å². The molecule has 2 rings (SSSR count). The molecule has 23 heavy (non-hydrogen) atoms. The monoisotopic (exact) mass is 336 g/mol. The summed E-state index contributed by atoms with van der Waals surface area (Å²) in [5.74, 6) is 0.402. The highest BCUT2D eigenvalue weighted by Gasteiger charge is 2.15. The molecule has 0 fully saturated rings. The first kappa shape index (κ1) is 17.1. The molecule has 0 bridgehead atoms. The van der Waals surface area contributed by atoms with E-state index in [2.05, 4.69) is 20.8 Å². The molecule has 0 saturated heterocycles. The highest BCUT2D eigenvalue weighted by molar-refractivity contribution is 7.08. The molecular formula is C15H20N4O3S. The summed E-state index contributed by atoms with van der Waals surface area (Å²) >= 11 is 1.55. The third kappa shape index (κ3) is 5.82. The molecule has 8 heteroatoms. The molecule has 0 aromatic carbocycles. The molecule has 0 saturated carbocycles. The van der Waals surface area contributed by atoms with Crippen LogP contribution in [0, 0.1) is 0 Å². The fourth-order valence-corrected chi connectivity index (χ4v) is 2.44.